The van der Waals surface area contributed by atoms with Gasteiger partial charge in [-0.2, -0.15) is 0 Å². The summed E-state index contributed by atoms with van der Waals surface area (Å²) in [5, 5.41) is 80.4. The van der Waals surface area contributed by atoms with E-state index in [2.05, 4.69) is 0 Å². The van der Waals surface area contributed by atoms with Crippen molar-refractivity contribution >= 4 is 5.69 Å². The number of rotatable bonds is 8. The predicted octanol–water partition coefficient (Wildman–Crippen LogP) is -3.40. The number of non-ortho nitro benzene ring substituents is 1. The monoisotopic (exact) mass is 463 g/mol. The van der Waals surface area contributed by atoms with Crippen LogP contribution in [0.5, 0.6) is 5.75 Å². The molecule has 0 saturated carbocycles. The number of benzene rings is 1. The van der Waals surface area contributed by atoms with Crippen LogP contribution in [0.3, 0.4) is 0 Å². The van der Waals surface area contributed by atoms with E-state index in [1.54, 1.807) is 0 Å². The van der Waals surface area contributed by atoms with E-state index in [-0.39, 0.29) is 11.4 Å². The smallest absolute Gasteiger partial charge is 0.269 e. The summed E-state index contributed by atoms with van der Waals surface area (Å²) >= 11 is 0. The predicted molar refractivity (Wildman–Crippen MR) is 100 cm³/mol. The Morgan fingerprint density at radius 2 is 1.56 bits per heavy atom. The molecular formula is C18H25NO13. The Bertz CT molecular complexity index is 777. The molecule has 0 spiro atoms. The van der Waals surface area contributed by atoms with Crippen molar-refractivity contribution in [2.45, 2.75) is 54.8 Å². The lowest BCUT2D eigenvalue weighted by Crippen LogP contribution is -2.63. The number of hydrogen-bond donors (Lipinski definition) is 7. The zero-order chi connectivity index (χ0) is 23.6. The van der Waals surface area contributed by atoms with E-state index in [0.29, 0.717) is 0 Å². The molecule has 14 heteroatoms. The van der Waals surface area contributed by atoms with Gasteiger partial charge in [0.15, 0.2) is 12.4 Å². The largest absolute Gasteiger partial charge is 0.482 e. The van der Waals surface area contributed by atoms with Crippen molar-refractivity contribution < 1.29 is 59.6 Å². The van der Waals surface area contributed by atoms with Gasteiger partial charge in [0.05, 0.1) is 18.1 Å². The summed E-state index contributed by atoms with van der Waals surface area (Å²) in [7, 11) is 0. The highest BCUT2D eigenvalue weighted by Crippen LogP contribution is 2.38. The lowest BCUT2D eigenvalue weighted by molar-refractivity contribution is -0.385. The molecule has 32 heavy (non-hydrogen) atoms. The summed E-state index contributed by atoms with van der Waals surface area (Å²) in [4.78, 5) is 10.2. The molecule has 14 nitrogen and oxygen atoms in total. The van der Waals surface area contributed by atoms with Gasteiger partial charge in [0, 0.05) is 12.1 Å². The molecule has 0 unspecified atom stereocenters. The Labute approximate surface area is 180 Å². The maximum Gasteiger partial charge on any atom is 0.269 e. The Kier molecular flexibility index (Phi) is 7.61. The van der Waals surface area contributed by atoms with E-state index in [4.69, 9.17) is 18.9 Å². The Morgan fingerprint density at radius 1 is 0.938 bits per heavy atom. The minimum atomic E-state index is -2.23. The quantitative estimate of drug-likeness (QED) is 0.148. The summed E-state index contributed by atoms with van der Waals surface area (Å²) < 4.78 is 22.0. The van der Waals surface area contributed by atoms with Crippen LogP contribution in [0.15, 0.2) is 24.3 Å². The van der Waals surface area contributed by atoms with Crippen LogP contribution < -0.4 is 4.74 Å². The van der Waals surface area contributed by atoms with Crippen LogP contribution in [0.25, 0.3) is 0 Å². The Morgan fingerprint density at radius 3 is 2.09 bits per heavy atom. The molecule has 2 saturated heterocycles. The first-order valence-corrected chi connectivity index (χ1v) is 9.64. The lowest BCUT2D eigenvalue weighted by atomic mass is 9.99. The standard InChI is InChI=1S/C18H25NO13/c20-5-10-12(23)14(25)15(26)17(30-10)32-18(7-22)16(13(24)11(6-21)31-18)29-9-3-1-8(2-4-9)19(27)28/h1-4,10-17,20-26H,5-7H2/t10-,11-,12-,13-,14+,15-,16+,17-,18+/m1/s1. The number of nitro benzene ring substituents is 1. The molecule has 3 rings (SSSR count). The lowest BCUT2D eigenvalue weighted by Gasteiger charge is -2.43. The maximum atomic E-state index is 10.8. The molecule has 180 valence electrons. The van der Waals surface area contributed by atoms with Crippen molar-refractivity contribution in [2.24, 2.45) is 0 Å². The first-order chi connectivity index (χ1) is 15.2. The van der Waals surface area contributed by atoms with Gasteiger partial charge in [-0.15, -0.1) is 0 Å². The minimum absolute atomic E-state index is 0.0251. The van der Waals surface area contributed by atoms with Crippen LogP contribution in [0.2, 0.25) is 0 Å². The van der Waals surface area contributed by atoms with Gasteiger partial charge in [0.2, 0.25) is 5.79 Å². The highest BCUT2D eigenvalue weighted by atomic mass is 16.8. The van der Waals surface area contributed by atoms with Crippen molar-refractivity contribution in [3.05, 3.63) is 34.4 Å². The van der Waals surface area contributed by atoms with Gasteiger partial charge < -0.3 is 54.7 Å². The van der Waals surface area contributed by atoms with Gasteiger partial charge in [0.1, 0.15) is 49.0 Å². The van der Waals surface area contributed by atoms with Crippen LogP contribution in [-0.4, -0.2) is 115 Å². The third-order valence-electron chi connectivity index (χ3n) is 5.35. The van der Waals surface area contributed by atoms with Gasteiger partial charge in [0.25, 0.3) is 5.69 Å². The first kappa shape index (κ1) is 24.7. The molecule has 1 aromatic carbocycles. The molecule has 2 fully saturated rings. The summed E-state index contributed by atoms with van der Waals surface area (Å²) in [6, 6.07) is 4.74. The highest BCUT2D eigenvalue weighted by Gasteiger charge is 2.60. The second kappa shape index (κ2) is 9.88. The van der Waals surface area contributed by atoms with Crippen molar-refractivity contribution in [3.8, 4) is 5.75 Å². The molecule has 0 aliphatic carbocycles. The Balaban J connectivity index is 1.87. The summed E-state index contributed by atoms with van der Waals surface area (Å²) in [5.74, 6) is -2.21. The van der Waals surface area contributed by atoms with Crippen molar-refractivity contribution in [2.75, 3.05) is 19.8 Å². The van der Waals surface area contributed by atoms with Crippen LogP contribution in [0.4, 0.5) is 5.69 Å². The summed E-state index contributed by atoms with van der Waals surface area (Å²) in [6.07, 6.45) is -12.7. The van der Waals surface area contributed by atoms with Gasteiger partial charge in [-0.1, -0.05) is 0 Å². The fraction of sp³-hybridized carbons (Fsp3) is 0.667. The van der Waals surface area contributed by atoms with Crippen LogP contribution in [0, 0.1) is 10.1 Å². The fourth-order valence-electron chi connectivity index (χ4n) is 3.57. The molecule has 0 radical (unpaired) electrons. The summed E-state index contributed by atoms with van der Waals surface area (Å²) in [5.41, 5.74) is -0.222. The number of nitro groups is 1. The summed E-state index contributed by atoms with van der Waals surface area (Å²) in [6.45, 7) is -2.42. The van der Waals surface area contributed by atoms with Gasteiger partial charge in [-0.25, -0.2) is 0 Å². The number of aliphatic hydroxyl groups is 7. The van der Waals surface area contributed by atoms with E-state index in [0.717, 1.165) is 12.1 Å². The Hall–Kier alpha value is -1.98. The molecule has 0 bridgehead atoms. The molecule has 9 atom stereocenters. The molecule has 2 aliphatic heterocycles. The van der Waals surface area contributed by atoms with Crippen molar-refractivity contribution in [1.82, 2.24) is 0 Å². The minimum Gasteiger partial charge on any atom is -0.482 e. The first-order valence-electron chi connectivity index (χ1n) is 9.64. The molecule has 1 aromatic rings. The van der Waals surface area contributed by atoms with Gasteiger partial charge in [-0.3, -0.25) is 10.1 Å². The number of ether oxygens (including phenoxy) is 4. The van der Waals surface area contributed by atoms with Crippen LogP contribution in [-0.2, 0) is 14.2 Å². The third kappa shape index (κ3) is 4.55. The third-order valence-corrected chi connectivity index (χ3v) is 5.35. The molecule has 0 aromatic heterocycles. The molecule has 7 N–H and O–H groups in total. The second-order valence-electron chi connectivity index (χ2n) is 7.40. The van der Waals surface area contributed by atoms with E-state index in [1.165, 1.54) is 12.1 Å². The normalized spacial score (nSPS) is 39.7. The topological polar surface area (TPSA) is 222 Å². The van der Waals surface area contributed by atoms with E-state index in [9.17, 15) is 45.9 Å². The SMILES string of the molecule is O=[N+]([O-])c1ccc(O[C@H]2[C@H](O)[C@@H](CO)O[C@@]2(CO)O[C@H]2O[C@H](CO)[C@@H](O)[C@H](O)[C@H]2O)cc1. The number of aliphatic hydroxyl groups excluding tert-OH is 7. The van der Waals surface area contributed by atoms with E-state index < -0.39 is 79.5 Å². The van der Waals surface area contributed by atoms with Gasteiger partial charge >= 0.3 is 0 Å². The fourth-order valence-corrected chi connectivity index (χ4v) is 3.57. The van der Waals surface area contributed by atoms with Crippen LogP contribution in [0.1, 0.15) is 0 Å². The zero-order valence-corrected chi connectivity index (χ0v) is 16.6. The molecular weight excluding hydrogens is 438 g/mol. The average Bonchev–Trinajstić information content (AvgIpc) is 3.05. The molecule has 2 heterocycles. The van der Waals surface area contributed by atoms with E-state index in [1.807, 2.05) is 0 Å². The zero-order valence-electron chi connectivity index (χ0n) is 16.6. The van der Waals surface area contributed by atoms with Crippen LogP contribution >= 0.6 is 0 Å². The molecule has 2 aliphatic rings. The maximum absolute atomic E-state index is 10.8. The van der Waals surface area contributed by atoms with Crippen molar-refractivity contribution in [1.29, 1.82) is 0 Å². The van der Waals surface area contributed by atoms with Gasteiger partial charge in [-0.05, 0) is 12.1 Å². The second-order valence-corrected chi connectivity index (χ2v) is 7.40. The van der Waals surface area contributed by atoms with E-state index >= 15 is 0 Å². The highest BCUT2D eigenvalue weighted by molar-refractivity contribution is 5.36. The number of hydrogen-bond acceptors (Lipinski definition) is 13. The van der Waals surface area contributed by atoms with Crippen molar-refractivity contribution in [3.63, 3.8) is 0 Å². The average molecular weight is 463 g/mol. The number of nitrogens with zero attached hydrogens (tertiary/aromatic N) is 1. The molecule has 0 amide bonds.